The summed E-state index contributed by atoms with van der Waals surface area (Å²) in [5.41, 5.74) is 4.40. The van der Waals surface area contributed by atoms with Crippen LogP contribution in [0.5, 0.6) is 0 Å². The van der Waals surface area contributed by atoms with Crippen LogP contribution >= 0.6 is 0 Å². The van der Waals surface area contributed by atoms with Crippen LogP contribution in [0.3, 0.4) is 0 Å². The van der Waals surface area contributed by atoms with Crippen molar-refractivity contribution in [3.8, 4) is 11.3 Å². The van der Waals surface area contributed by atoms with Crippen molar-refractivity contribution in [2.75, 3.05) is 12.4 Å². The Labute approximate surface area is 175 Å². The molecule has 1 N–H and O–H groups in total. The van der Waals surface area contributed by atoms with E-state index in [1.54, 1.807) is 12.1 Å². The summed E-state index contributed by atoms with van der Waals surface area (Å²) in [5, 5.41) is 14.4. The van der Waals surface area contributed by atoms with E-state index in [9.17, 15) is 4.79 Å². The first-order valence-electron chi connectivity index (χ1n) is 9.88. The maximum atomic E-state index is 11.7. The normalized spacial score (nSPS) is 10.9. The third kappa shape index (κ3) is 3.87. The number of aromatic nitrogens is 2. The lowest BCUT2D eigenvalue weighted by Crippen LogP contribution is -2.01. The number of benzene rings is 3. The van der Waals surface area contributed by atoms with Crippen molar-refractivity contribution >= 4 is 28.2 Å². The van der Waals surface area contributed by atoms with Crippen molar-refractivity contribution in [3.63, 3.8) is 0 Å². The predicted octanol–water partition coefficient (Wildman–Crippen LogP) is 5.95. The molecule has 0 spiro atoms. The number of carbonyl (C=O) groups is 1. The van der Waals surface area contributed by atoms with Gasteiger partial charge in [-0.05, 0) is 35.7 Å². The number of hydrogen-bond acceptors (Lipinski definition) is 5. The Hall–Kier alpha value is -3.73. The number of ether oxygens (including phenoxy) is 1. The molecule has 1 heterocycles. The van der Waals surface area contributed by atoms with Crippen molar-refractivity contribution in [2.24, 2.45) is 0 Å². The SMILES string of the molecule is COC(=O)c1ccc(-c2nnc(Nc3cccc(C(C)C)c3)c3ccccc23)cc1. The second-order valence-corrected chi connectivity index (χ2v) is 7.42. The van der Waals surface area contributed by atoms with Crippen LogP contribution in [-0.4, -0.2) is 23.3 Å². The van der Waals surface area contributed by atoms with E-state index in [1.165, 1.54) is 12.7 Å². The van der Waals surface area contributed by atoms with Crippen molar-refractivity contribution in [3.05, 3.63) is 83.9 Å². The third-order valence-corrected chi connectivity index (χ3v) is 5.08. The summed E-state index contributed by atoms with van der Waals surface area (Å²) in [7, 11) is 1.37. The zero-order valence-corrected chi connectivity index (χ0v) is 17.2. The molecule has 1 aromatic heterocycles. The quantitative estimate of drug-likeness (QED) is 0.422. The van der Waals surface area contributed by atoms with E-state index < -0.39 is 0 Å². The first-order chi connectivity index (χ1) is 14.6. The van der Waals surface area contributed by atoms with E-state index >= 15 is 0 Å². The summed E-state index contributed by atoms with van der Waals surface area (Å²) in [6, 6.07) is 23.6. The van der Waals surface area contributed by atoms with Crippen LogP contribution < -0.4 is 5.32 Å². The summed E-state index contributed by atoms with van der Waals surface area (Å²) in [6.45, 7) is 4.35. The van der Waals surface area contributed by atoms with Crippen molar-refractivity contribution < 1.29 is 9.53 Å². The number of fused-ring (bicyclic) bond motifs is 1. The first kappa shape index (κ1) is 19.6. The number of methoxy groups -OCH3 is 1. The van der Waals surface area contributed by atoms with Crippen LogP contribution in [0.2, 0.25) is 0 Å². The highest BCUT2D eigenvalue weighted by Crippen LogP contribution is 2.31. The third-order valence-electron chi connectivity index (χ3n) is 5.08. The number of nitrogens with zero attached hydrogens (tertiary/aromatic N) is 2. The Bertz CT molecular complexity index is 1200. The fourth-order valence-corrected chi connectivity index (χ4v) is 3.40. The molecular formula is C25H23N3O2. The van der Waals surface area contributed by atoms with Crippen LogP contribution in [0.15, 0.2) is 72.8 Å². The van der Waals surface area contributed by atoms with Crippen molar-refractivity contribution in [2.45, 2.75) is 19.8 Å². The van der Waals surface area contributed by atoms with Gasteiger partial charge in [-0.3, -0.25) is 0 Å². The number of hydrogen-bond donors (Lipinski definition) is 1. The summed E-state index contributed by atoms with van der Waals surface area (Å²) in [4.78, 5) is 11.7. The molecule has 0 bridgehead atoms. The zero-order chi connectivity index (χ0) is 21.1. The average molecular weight is 397 g/mol. The van der Waals surface area contributed by atoms with Crippen LogP contribution in [0, 0.1) is 0 Å². The lowest BCUT2D eigenvalue weighted by molar-refractivity contribution is 0.0601. The largest absolute Gasteiger partial charge is 0.465 e. The summed E-state index contributed by atoms with van der Waals surface area (Å²) in [6.07, 6.45) is 0. The molecule has 4 aromatic rings. The zero-order valence-electron chi connectivity index (χ0n) is 17.2. The minimum absolute atomic E-state index is 0.360. The van der Waals surface area contributed by atoms with Crippen molar-refractivity contribution in [1.29, 1.82) is 0 Å². The highest BCUT2D eigenvalue weighted by atomic mass is 16.5. The molecule has 150 valence electrons. The summed E-state index contributed by atoms with van der Waals surface area (Å²) >= 11 is 0. The molecule has 0 amide bonds. The highest BCUT2D eigenvalue weighted by Gasteiger charge is 2.13. The Kier molecular flexibility index (Phi) is 5.44. The Morgan fingerprint density at radius 2 is 1.63 bits per heavy atom. The molecule has 3 aromatic carbocycles. The van der Waals surface area contributed by atoms with Gasteiger partial charge < -0.3 is 10.1 Å². The molecule has 0 aliphatic heterocycles. The Morgan fingerprint density at radius 1 is 0.900 bits per heavy atom. The van der Waals surface area contributed by atoms with Gasteiger partial charge in [0.25, 0.3) is 0 Å². The summed E-state index contributed by atoms with van der Waals surface area (Å²) in [5.74, 6) is 0.798. The molecule has 0 radical (unpaired) electrons. The number of anilines is 2. The fourth-order valence-electron chi connectivity index (χ4n) is 3.40. The number of esters is 1. The van der Waals surface area contributed by atoms with Gasteiger partial charge in [0, 0.05) is 22.0 Å². The van der Waals surface area contributed by atoms with Crippen LogP contribution in [0.1, 0.15) is 35.7 Å². The lowest BCUT2D eigenvalue weighted by Gasteiger charge is -2.13. The van der Waals surface area contributed by atoms with E-state index in [4.69, 9.17) is 4.74 Å². The van der Waals surface area contributed by atoms with Gasteiger partial charge in [-0.25, -0.2) is 4.79 Å². The minimum atomic E-state index is -0.360. The molecule has 4 rings (SSSR count). The topological polar surface area (TPSA) is 64.1 Å². The van der Waals surface area contributed by atoms with Gasteiger partial charge in [0.1, 0.15) is 5.69 Å². The van der Waals surface area contributed by atoms with Gasteiger partial charge in [0.05, 0.1) is 12.7 Å². The smallest absolute Gasteiger partial charge is 0.337 e. The van der Waals surface area contributed by atoms with E-state index in [0.29, 0.717) is 17.3 Å². The van der Waals surface area contributed by atoms with E-state index in [0.717, 1.165) is 27.7 Å². The molecular weight excluding hydrogens is 374 g/mol. The minimum Gasteiger partial charge on any atom is -0.465 e. The van der Waals surface area contributed by atoms with Crippen molar-refractivity contribution in [1.82, 2.24) is 10.2 Å². The molecule has 0 saturated carbocycles. The van der Waals surface area contributed by atoms with Gasteiger partial charge in [0.15, 0.2) is 5.82 Å². The molecule has 0 saturated heterocycles. The maximum Gasteiger partial charge on any atom is 0.337 e. The molecule has 0 fully saturated rings. The monoisotopic (exact) mass is 397 g/mol. The molecule has 5 heteroatoms. The molecule has 5 nitrogen and oxygen atoms in total. The molecule has 0 unspecified atom stereocenters. The Morgan fingerprint density at radius 3 is 2.33 bits per heavy atom. The van der Waals surface area contributed by atoms with Gasteiger partial charge in [0.2, 0.25) is 0 Å². The van der Waals surface area contributed by atoms with Crippen LogP contribution in [0.4, 0.5) is 11.5 Å². The Balaban J connectivity index is 1.73. The standard InChI is InChI=1S/C25H23N3O2/c1-16(2)19-7-6-8-20(15-19)26-24-22-10-5-4-9-21(22)23(27-28-24)17-11-13-18(14-12-17)25(29)30-3/h4-16H,1-3H3,(H,26,28). The fraction of sp³-hybridized carbons (Fsp3) is 0.160. The number of rotatable bonds is 5. The molecule has 0 aliphatic rings. The van der Waals surface area contributed by atoms with Gasteiger partial charge in [-0.2, -0.15) is 0 Å². The van der Waals surface area contributed by atoms with E-state index in [1.807, 2.05) is 48.5 Å². The average Bonchev–Trinajstić information content (AvgIpc) is 2.79. The number of nitrogens with one attached hydrogen (secondary N) is 1. The molecule has 0 aliphatic carbocycles. The first-order valence-corrected chi connectivity index (χ1v) is 9.88. The van der Waals surface area contributed by atoms with Crippen LogP contribution in [-0.2, 0) is 4.74 Å². The maximum absolute atomic E-state index is 11.7. The predicted molar refractivity (Wildman–Crippen MR) is 120 cm³/mol. The molecule has 0 atom stereocenters. The van der Waals surface area contributed by atoms with Crippen LogP contribution in [0.25, 0.3) is 22.0 Å². The summed E-state index contributed by atoms with van der Waals surface area (Å²) < 4.78 is 4.77. The number of carbonyl (C=O) groups excluding carboxylic acids is 1. The van der Waals surface area contributed by atoms with Gasteiger partial charge >= 0.3 is 5.97 Å². The van der Waals surface area contributed by atoms with E-state index in [2.05, 4.69) is 41.5 Å². The highest BCUT2D eigenvalue weighted by molar-refractivity contribution is 6.01. The lowest BCUT2D eigenvalue weighted by atomic mass is 10.0. The molecule has 30 heavy (non-hydrogen) atoms. The second-order valence-electron chi connectivity index (χ2n) is 7.42. The second kappa shape index (κ2) is 8.33. The van der Waals surface area contributed by atoms with E-state index in [-0.39, 0.29) is 5.97 Å². The van der Waals surface area contributed by atoms with Gasteiger partial charge in [-0.15, -0.1) is 10.2 Å². The van der Waals surface area contributed by atoms with Gasteiger partial charge in [-0.1, -0.05) is 62.4 Å².